The number of nitrogens with one attached hydrogen (secondary N) is 1. The van der Waals surface area contributed by atoms with Crippen molar-refractivity contribution in [2.45, 2.75) is 6.92 Å². The monoisotopic (exact) mass is 282 g/mol. The summed E-state index contributed by atoms with van der Waals surface area (Å²) < 4.78 is 5.40. The smallest absolute Gasteiger partial charge is 0.215 e. The Kier molecular flexibility index (Phi) is 3.48. The fourth-order valence-corrected chi connectivity index (χ4v) is 2.16. The van der Waals surface area contributed by atoms with E-state index in [4.69, 9.17) is 4.74 Å². The molecule has 108 valence electrons. The summed E-state index contributed by atoms with van der Waals surface area (Å²) in [5.41, 5.74) is 3.78. The zero-order valence-corrected chi connectivity index (χ0v) is 12.4. The number of rotatable bonds is 4. The number of hydrogen-bond donors (Lipinski definition) is 1. The largest absolute Gasteiger partial charge is 0.478 e. The Bertz CT molecular complexity index is 747. The Morgan fingerprint density at radius 3 is 2.48 bits per heavy atom. The number of fused-ring (bicyclic) bond motifs is 1. The minimum atomic E-state index is 0.599. The van der Waals surface area contributed by atoms with Gasteiger partial charge in [0.1, 0.15) is 5.82 Å². The van der Waals surface area contributed by atoms with Crippen LogP contribution in [0.4, 0.5) is 5.69 Å². The lowest BCUT2D eigenvalue weighted by molar-refractivity contribution is 0.328. The Hall–Kier alpha value is -2.56. The quantitative estimate of drug-likeness (QED) is 0.799. The zero-order valence-electron chi connectivity index (χ0n) is 12.4. The normalized spacial score (nSPS) is 10.8. The van der Waals surface area contributed by atoms with E-state index < -0.39 is 0 Å². The maximum atomic E-state index is 5.40. The average Bonchev–Trinajstić information content (AvgIpc) is 2.91. The van der Waals surface area contributed by atoms with Gasteiger partial charge in [-0.3, -0.25) is 0 Å². The topological polar surface area (TPSA) is 54.0 Å². The third kappa shape index (κ3) is 2.67. The Labute approximate surface area is 123 Å². The van der Waals surface area contributed by atoms with Crippen molar-refractivity contribution < 1.29 is 4.74 Å². The number of hydrogen-bond acceptors (Lipinski definition) is 4. The molecule has 5 nitrogen and oxygen atoms in total. The second kappa shape index (κ2) is 5.44. The number of pyridine rings is 1. The Morgan fingerprint density at radius 1 is 1.05 bits per heavy atom. The van der Waals surface area contributed by atoms with Gasteiger partial charge in [-0.2, -0.15) is 4.98 Å². The molecule has 0 bridgehead atoms. The highest BCUT2D eigenvalue weighted by Gasteiger charge is 2.08. The Balaban J connectivity index is 1.96. The molecule has 0 aliphatic heterocycles. The van der Waals surface area contributed by atoms with Gasteiger partial charge in [0.05, 0.1) is 12.1 Å². The van der Waals surface area contributed by atoms with Crippen LogP contribution in [0.25, 0.3) is 22.6 Å². The summed E-state index contributed by atoms with van der Waals surface area (Å²) in [5, 5.41) is 0. The molecule has 0 unspecified atom stereocenters. The number of imidazole rings is 1. The van der Waals surface area contributed by atoms with E-state index in [9.17, 15) is 0 Å². The van der Waals surface area contributed by atoms with E-state index in [1.807, 2.05) is 33.2 Å². The average molecular weight is 282 g/mol. The first-order chi connectivity index (χ1) is 10.2. The minimum absolute atomic E-state index is 0.599. The lowest BCUT2D eigenvalue weighted by Gasteiger charge is -2.11. The number of nitrogens with zero attached hydrogens (tertiary/aromatic N) is 3. The second-order valence-corrected chi connectivity index (χ2v) is 4.98. The molecule has 3 aromatic rings. The highest BCUT2D eigenvalue weighted by Crippen LogP contribution is 2.23. The van der Waals surface area contributed by atoms with Crippen LogP contribution in [-0.4, -0.2) is 35.7 Å². The summed E-state index contributed by atoms with van der Waals surface area (Å²) in [4.78, 5) is 14.3. The fourth-order valence-electron chi connectivity index (χ4n) is 2.16. The molecule has 0 amide bonds. The van der Waals surface area contributed by atoms with E-state index in [0.29, 0.717) is 18.1 Å². The molecule has 21 heavy (non-hydrogen) atoms. The third-order valence-electron chi connectivity index (χ3n) is 3.27. The first kappa shape index (κ1) is 13.4. The predicted octanol–water partition coefficient (Wildman–Crippen LogP) is 3.09. The van der Waals surface area contributed by atoms with E-state index in [1.54, 1.807) is 0 Å². The molecule has 1 N–H and O–H groups in total. The molecule has 0 saturated heterocycles. The van der Waals surface area contributed by atoms with Crippen molar-refractivity contribution in [1.29, 1.82) is 0 Å². The number of aromatic nitrogens is 3. The van der Waals surface area contributed by atoms with Gasteiger partial charge in [-0.15, -0.1) is 0 Å². The number of aromatic amines is 1. The van der Waals surface area contributed by atoms with Crippen LogP contribution in [0.1, 0.15) is 6.92 Å². The Morgan fingerprint density at radius 2 is 1.81 bits per heavy atom. The molecule has 3 rings (SSSR count). The number of anilines is 1. The van der Waals surface area contributed by atoms with Gasteiger partial charge in [-0.1, -0.05) is 0 Å². The van der Waals surface area contributed by atoms with Crippen molar-refractivity contribution >= 4 is 16.9 Å². The maximum Gasteiger partial charge on any atom is 0.215 e. The zero-order chi connectivity index (χ0) is 14.8. The summed E-state index contributed by atoms with van der Waals surface area (Å²) in [7, 11) is 4.05. The van der Waals surface area contributed by atoms with Crippen LogP contribution in [0.15, 0.2) is 36.4 Å². The lowest BCUT2D eigenvalue weighted by atomic mass is 10.2. The van der Waals surface area contributed by atoms with Crippen LogP contribution in [0.5, 0.6) is 5.88 Å². The van der Waals surface area contributed by atoms with E-state index in [2.05, 4.69) is 44.1 Å². The lowest BCUT2D eigenvalue weighted by Crippen LogP contribution is -2.07. The maximum absolute atomic E-state index is 5.40. The fraction of sp³-hybridized carbons (Fsp3) is 0.250. The van der Waals surface area contributed by atoms with Gasteiger partial charge >= 0.3 is 0 Å². The SMILES string of the molecule is CCOc1ccc2[nH]c(-c3ccc(N(C)C)cc3)nc2n1. The van der Waals surface area contributed by atoms with Crippen LogP contribution in [0.2, 0.25) is 0 Å². The molecule has 0 radical (unpaired) electrons. The molecule has 0 spiro atoms. The highest BCUT2D eigenvalue weighted by atomic mass is 16.5. The van der Waals surface area contributed by atoms with Gasteiger partial charge in [-0.25, -0.2) is 4.98 Å². The molecule has 2 aromatic heterocycles. The van der Waals surface area contributed by atoms with Crippen molar-refractivity contribution in [3.05, 3.63) is 36.4 Å². The molecular weight excluding hydrogens is 264 g/mol. The molecule has 0 atom stereocenters. The van der Waals surface area contributed by atoms with Crippen molar-refractivity contribution in [3.8, 4) is 17.3 Å². The summed E-state index contributed by atoms with van der Waals surface area (Å²) in [6.45, 7) is 2.54. The number of benzene rings is 1. The first-order valence-corrected chi connectivity index (χ1v) is 6.94. The van der Waals surface area contributed by atoms with Gasteiger partial charge in [0, 0.05) is 31.4 Å². The number of H-pyrrole nitrogens is 1. The summed E-state index contributed by atoms with van der Waals surface area (Å²) >= 11 is 0. The van der Waals surface area contributed by atoms with Crippen LogP contribution in [0, 0.1) is 0 Å². The van der Waals surface area contributed by atoms with Crippen molar-refractivity contribution in [2.24, 2.45) is 0 Å². The van der Waals surface area contributed by atoms with Gasteiger partial charge < -0.3 is 14.6 Å². The molecular formula is C16H18N4O. The van der Waals surface area contributed by atoms with Crippen molar-refractivity contribution in [3.63, 3.8) is 0 Å². The van der Waals surface area contributed by atoms with E-state index in [0.717, 1.165) is 22.6 Å². The molecule has 0 aliphatic carbocycles. The summed E-state index contributed by atoms with van der Waals surface area (Å²) in [6.07, 6.45) is 0. The van der Waals surface area contributed by atoms with Gasteiger partial charge in [0.2, 0.25) is 5.88 Å². The molecule has 0 fully saturated rings. The van der Waals surface area contributed by atoms with E-state index >= 15 is 0 Å². The molecule has 2 heterocycles. The van der Waals surface area contributed by atoms with E-state index in [-0.39, 0.29) is 0 Å². The second-order valence-electron chi connectivity index (χ2n) is 4.98. The summed E-state index contributed by atoms with van der Waals surface area (Å²) in [6, 6.07) is 12.0. The van der Waals surface area contributed by atoms with Crippen LogP contribution >= 0.6 is 0 Å². The number of ether oxygens (including phenoxy) is 1. The van der Waals surface area contributed by atoms with Gasteiger partial charge in [-0.05, 0) is 37.3 Å². The molecule has 0 aliphatic rings. The van der Waals surface area contributed by atoms with E-state index in [1.165, 1.54) is 0 Å². The first-order valence-electron chi connectivity index (χ1n) is 6.94. The molecule has 0 saturated carbocycles. The van der Waals surface area contributed by atoms with Gasteiger partial charge in [0.15, 0.2) is 5.65 Å². The van der Waals surface area contributed by atoms with Crippen LogP contribution in [-0.2, 0) is 0 Å². The minimum Gasteiger partial charge on any atom is -0.478 e. The molecule has 1 aromatic carbocycles. The van der Waals surface area contributed by atoms with Gasteiger partial charge in [0.25, 0.3) is 0 Å². The predicted molar refractivity (Wildman–Crippen MR) is 84.8 cm³/mol. The third-order valence-corrected chi connectivity index (χ3v) is 3.27. The van der Waals surface area contributed by atoms with Crippen molar-refractivity contribution in [1.82, 2.24) is 15.0 Å². The standard InChI is InChI=1S/C16H18N4O/c1-4-21-14-10-9-13-16(18-14)19-15(17-13)11-5-7-12(8-6-11)20(2)3/h5-10H,4H2,1-3H3,(H,17,18,19). The summed E-state index contributed by atoms with van der Waals surface area (Å²) in [5.74, 6) is 1.42. The van der Waals surface area contributed by atoms with Crippen LogP contribution in [0.3, 0.4) is 0 Å². The molecule has 5 heteroatoms. The van der Waals surface area contributed by atoms with Crippen molar-refractivity contribution in [2.75, 3.05) is 25.6 Å². The van der Waals surface area contributed by atoms with Crippen LogP contribution < -0.4 is 9.64 Å². The highest BCUT2D eigenvalue weighted by molar-refractivity contribution is 5.76.